The molecule has 0 aliphatic heterocycles. The van der Waals surface area contributed by atoms with Gasteiger partial charge in [0.2, 0.25) is 0 Å². The van der Waals surface area contributed by atoms with Gasteiger partial charge >= 0.3 is 5.97 Å². The van der Waals surface area contributed by atoms with Gasteiger partial charge in [-0.1, -0.05) is 25.3 Å². The first-order chi connectivity index (χ1) is 6.63. The molecule has 0 aromatic carbocycles. The van der Waals surface area contributed by atoms with E-state index in [1.165, 1.54) is 6.08 Å². The average molecular weight is 200 g/mol. The van der Waals surface area contributed by atoms with E-state index in [2.05, 4.69) is 0 Å². The second kappa shape index (κ2) is 8.75. The predicted molar refractivity (Wildman–Crippen MR) is 56.2 cm³/mol. The standard InChI is InChI=1S/C11H20O3/c1-10(12)8-6-4-2-3-5-7-9-11(13)14/h7,9-10,12H,2-6,8H2,1H3,(H,13,14)/b9-7+. The van der Waals surface area contributed by atoms with Crippen LogP contribution in [0.1, 0.15) is 45.4 Å². The lowest BCUT2D eigenvalue weighted by Crippen LogP contribution is -1.98. The second-order valence-electron chi connectivity index (χ2n) is 3.58. The molecule has 0 fully saturated rings. The summed E-state index contributed by atoms with van der Waals surface area (Å²) in [6.07, 6.45) is 8.70. The molecule has 1 atom stereocenters. The molecule has 1 unspecified atom stereocenters. The highest BCUT2D eigenvalue weighted by Gasteiger charge is 1.94. The fourth-order valence-corrected chi connectivity index (χ4v) is 1.24. The lowest BCUT2D eigenvalue weighted by atomic mass is 10.1. The number of aliphatic hydroxyl groups is 1. The fourth-order valence-electron chi connectivity index (χ4n) is 1.24. The molecule has 0 saturated carbocycles. The van der Waals surface area contributed by atoms with Crippen LogP contribution < -0.4 is 0 Å². The van der Waals surface area contributed by atoms with E-state index in [0.717, 1.165) is 38.5 Å². The van der Waals surface area contributed by atoms with Gasteiger partial charge < -0.3 is 10.2 Å². The van der Waals surface area contributed by atoms with E-state index in [-0.39, 0.29) is 6.10 Å². The van der Waals surface area contributed by atoms with Crippen molar-refractivity contribution in [2.24, 2.45) is 0 Å². The molecule has 3 nitrogen and oxygen atoms in total. The summed E-state index contributed by atoms with van der Waals surface area (Å²) in [4.78, 5) is 10.1. The Hall–Kier alpha value is -0.830. The van der Waals surface area contributed by atoms with Crippen LogP contribution in [0.25, 0.3) is 0 Å². The molecule has 0 spiro atoms. The van der Waals surface area contributed by atoms with Crippen molar-refractivity contribution in [3.8, 4) is 0 Å². The number of unbranched alkanes of at least 4 members (excludes halogenated alkanes) is 4. The normalized spacial score (nSPS) is 13.3. The van der Waals surface area contributed by atoms with Crippen LogP contribution in [0.2, 0.25) is 0 Å². The molecule has 0 heterocycles. The number of hydrogen-bond donors (Lipinski definition) is 2. The highest BCUT2D eigenvalue weighted by molar-refractivity contribution is 5.79. The van der Waals surface area contributed by atoms with Crippen molar-refractivity contribution in [3.05, 3.63) is 12.2 Å². The Morgan fingerprint density at radius 3 is 2.50 bits per heavy atom. The first kappa shape index (κ1) is 13.2. The number of carboxylic acids is 1. The van der Waals surface area contributed by atoms with E-state index in [1.807, 2.05) is 0 Å². The smallest absolute Gasteiger partial charge is 0.327 e. The highest BCUT2D eigenvalue weighted by Crippen LogP contribution is 2.07. The van der Waals surface area contributed by atoms with Gasteiger partial charge in [0.25, 0.3) is 0 Å². The van der Waals surface area contributed by atoms with Crippen molar-refractivity contribution in [2.45, 2.75) is 51.6 Å². The summed E-state index contributed by atoms with van der Waals surface area (Å²) < 4.78 is 0. The minimum atomic E-state index is -0.876. The zero-order valence-electron chi connectivity index (χ0n) is 8.78. The molecule has 0 bridgehead atoms. The van der Waals surface area contributed by atoms with Crippen LogP contribution in [0.5, 0.6) is 0 Å². The summed E-state index contributed by atoms with van der Waals surface area (Å²) in [5.41, 5.74) is 0. The maximum Gasteiger partial charge on any atom is 0.327 e. The van der Waals surface area contributed by atoms with Gasteiger partial charge in [0.1, 0.15) is 0 Å². The van der Waals surface area contributed by atoms with Crippen molar-refractivity contribution in [2.75, 3.05) is 0 Å². The number of rotatable bonds is 8. The van der Waals surface area contributed by atoms with Gasteiger partial charge in [0.05, 0.1) is 6.10 Å². The molecule has 0 aliphatic rings. The minimum absolute atomic E-state index is 0.193. The third kappa shape index (κ3) is 11.2. The molecule has 0 radical (unpaired) electrons. The Bertz CT molecular complexity index is 173. The zero-order valence-corrected chi connectivity index (χ0v) is 8.78. The third-order valence-corrected chi connectivity index (χ3v) is 2.00. The molecule has 0 rings (SSSR count). The Balaban J connectivity index is 3.10. The van der Waals surface area contributed by atoms with Gasteiger partial charge in [0, 0.05) is 6.08 Å². The van der Waals surface area contributed by atoms with Crippen LogP contribution in [0.4, 0.5) is 0 Å². The quantitative estimate of drug-likeness (QED) is 0.467. The molecule has 14 heavy (non-hydrogen) atoms. The first-order valence-electron chi connectivity index (χ1n) is 5.20. The Morgan fingerprint density at radius 1 is 1.29 bits per heavy atom. The molecule has 0 saturated heterocycles. The first-order valence-corrected chi connectivity index (χ1v) is 5.20. The Morgan fingerprint density at radius 2 is 1.93 bits per heavy atom. The van der Waals surface area contributed by atoms with E-state index in [9.17, 15) is 4.79 Å². The summed E-state index contributed by atoms with van der Waals surface area (Å²) in [6, 6.07) is 0. The molecule has 2 N–H and O–H groups in total. The number of carbonyl (C=O) groups is 1. The van der Waals surface area contributed by atoms with E-state index in [1.54, 1.807) is 13.0 Å². The predicted octanol–water partition coefficient (Wildman–Crippen LogP) is 2.35. The van der Waals surface area contributed by atoms with Gasteiger partial charge in [0.15, 0.2) is 0 Å². The van der Waals surface area contributed by atoms with Gasteiger partial charge in [-0.2, -0.15) is 0 Å². The van der Waals surface area contributed by atoms with Crippen LogP contribution >= 0.6 is 0 Å². The van der Waals surface area contributed by atoms with Crippen molar-refractivity contribution in [1.29, 1.82) is 0 Å². The summed E-state index contributed by atoms with van der Waals surface area (Å²) in [7, 11) is 0. The van der Waals surface area contributed by atoms with Crippen molar-refractivity contribution in [3.63, 3.8) is 0 Å². The third-order valence-electron chi connectivity index (χ3n) is 2.00. The molecule has 82 valence electrons. The Kier molecular flexibility index (Phi) is 8.24. The van der Waals surface area contributed by atoms with E-state index < -0.39 is 5.97 Å². The summed E-state index contributed by atoms with van der Waals surface area (Å²) in [5.74, 6) is -0.876. The minimum Gasteiger partial charge on any atom is -0.478 e. The lowest BCUT2D eigenvalue weighted by molar-refractivity contribution is -0.131. The van der Waals surface area contributed by atoms with E-state index >= 15 is 0 Å². The van der Waals surface area contributed by atoms with Gasteiger partial charge in [-0.3, -0.25) is 0 Å². The van der Waals surface area contributed by atoms with Gasteiger partial charge in [-0.25, -0.2) is 4.79 Å². The van der Waals surface area contributed by atoms with Crippen molar-refractivity contribution in [1.82, 2.24) is 0 Å². The largest absolute Gasteiger partial charge is 0.478 e. The summed E-state index contributed by atoms with van der Waals surface area (Å²) in [6.45, 7) is 1.80. The van der Waals surface area contributed by atoms with E-state index in [0.29, 0.717) is 0 Å². The molecular formula is C11H20O3. The van der Waals surface area contributed by atoms with Gasteiger partial charge in [-0.05, 0) is 26.2 Å². The summed E-state index contributed by atoms with van der Waals surface area (Å²) in [5, 5.41) is 17.3. The van der Waals surface area contributed by atoms with Crippen molar-refractivity contribution < 1.29 is 15.0 Å². The molecular weight excluding hydrogens is 180 g/mol. The topological polar surface area (TPSA) is 57.5 Å². The lowest BCUT2D eigenvalue weighted by Gasteiger charge is -2.02. The molecule has 0 aromatic heterocycles. The number of allylic oxidation sites excluding steroid dienone is 1. The van der Waals surface area contributed by atoms with Crippen LogP contribution in [0, 0.1) is 0 Å². The number of carboxylic acid groups (broad SMARTS) is 1. The number of aliphatic carboxylic acids is 1. The number of hydrogen-bond acceptors (Lipinski definition) is 2. The molecule has 0 aromatic rings. The fraction of sp³-hybridized carbons (Fsp3) is 0.727. The Labute approximate surface area is 85.4 Å². The van der Waals surface area contributed by atoms with E-state index in [4.69, 9.17) is 10.2 Å². The monoisotopic (exact) mass is 200 g/mol. The molecule has 0 aliphatic carbocycles. The summed E-state index contributed by atoms with van der Waals surface area (Å²) >= 11 is 0. The zero-order chi connectivity index (χ0) is 10.8. The molecule has 3 heteroatoms. The average Bonchev–Trinajstić information content (AvgIpc) is 2.08. The van der Waals surface area contributed by atoms with Crippen LogP contribution in [0.15, 0.2) is 12.2 Å². The number of aliphatic hydroxyl groups excluding tert-OH is 1. The molecule has 0 amide bonds. The van der Waals surface area contributed by atoms with Gasteiger partial charge in [-0.15, -0.1) is 0 Å². The van der Waals surface area contributed by atoms with Crippen LogP contribution in [-0.2, 0) is 4.79 Å². The van der Waals surface area contributed by atoms with Crippen molar-refractivity contribution >= 4 is 5.97 Å². The van der Waals surface area contributed by atoms with Crippen LogP contribution in [0.3, 0.4) is 0 Å². The maximum absolute atomic E-state index is 10.1. The highest BCUT2D eigenvalue weighted by atomic mass is 16.4. The van der Waals surface area contributed by atoms with Crippen LogP contribution in [-0.4, -0.2) is 22.3 Å². The SMILES string of the molecule is CC(O)CCCCCC/C=C/C(=O)O. The second-order valence-corrected chi connectivity index (χ2v) is 3.58. The maximum atomic E-state index is 10.1.